The van der Waals surface area contributed by atoms with E-state index >= 15 is 0 Å². The molecule has 4 aliphatic rings. The van der Waals surface area contributed by atoms with Crippen LogP contribution in [0.3, 0.4) is 0 Å². The molecule has 4 atom stereocenters. The summed E-state index contributed by atoms with van der Waals surface area (Å²) in [5.74, 6) is 2.64. The first kappa shape index (κ1) is 14.8. The van der Waals surface area contributed by atoms with Gasteiger partial charge in [-0.2, -0.15) is 0 Å². The van der Waals surface area contributed by atoms with Crippen molar-refractivity contribution in [3.8, 4) is 0 Å². The Morgan fingerprint density at radius 3 is 2.50 bits per heavy atom. The highest BCUT2D eigenvalue weighted by Crippen LogP contribution is 2.45. The van der Waals surface area contributed by atoms with Crippen molar-refractivity contribution >= 4 is 0 Å². The lowest BCUT2D eigenvalue weighted by atomic mass is 9.73. The van der Waals surface area contributed by atoms with Crippen LogP contribution in [0.25, 0.3) is 0 Å². The van der Waals surface area contributed by atoms with Crippen molar-refractivity contribution < 1.29 is 0 Å². The molecular formula is C17H33N3. The van der Waals surface area contributed by atoms with Gasteiger partial charge in [0.15, 0.2) is 0 Å². The van der Waals surface area contributed by atoms with E-state index in [1.165, 1.54) is 51.9 Å². The first-order valence-electron chi connectivity index (χ1n) is 8.85. The zero-order chi connectivity index (χ0) is 14.3. The summed E-state index contributed by atoms with van der Waals surface area (Å²) in [5.41, 5.74) is 6.63. The Balaban J connectivity index is 1.81. The smallest absolute Gasteiger partial charge is 0.0406 e. The van der Waals surface area contributed by atoms with Crippen LogP contribution in [0.4, 0.5) is 0 Å². The number of fused-ring (bicyclic) bond motifs is 2. The number of nitrogens with zero attached hydrogens (tertiary/aromatic N) is 2. The predicted octanol–water partition coefficient (Wildman–Crippen LogP) is 2.16. The van der Waals surface area contributed by atoms with Crippen LogP contribution in [-0.2, 0) is 0 Å². The van der Waals surface area contributed by atoms with Gasteiger partial charge in [0.1, 0.15) is 0 Å². The number of likely N-dealkylation sites (tertiary alicyclic amines) is 1. The summed E-state index contributed by atoms with van der Waals surface area (Å²) >= 11 is 0. The Labute approximate surface area is 124 Å². The van der Waals surface area contributed by atoms with Crippen molar-refractivity contribution in [1.82, 2.24) is 9.80 Å². The van der Waals surface area contributed by atoms with E-state index in [0.29, 0.717) is 12.1 Å². The van der Waals surface area contributed by atoms with E-state index in [0.717, 1.165) is 23.8 Å². The third kappa shape index (κ3) is 2.53. The van der Waals surface area contributed by atoms with Gasteiger partial charge in [-0.15, -0.1) is 0 Å². The number of nitrogens with two attached hydrogens (primary N) is 1. The second kappa shape index (κ2) is 5.94. The van der Waals surface area contributed by atoms with Gasteiger partial charge in [0.25, 0.3) is 0 Å². The maximum absolute atomic E-state index is 6.63. The third-order valence-electron chi connectivity index (χ3n) is 5.92. The van der Waals surface area contributed by atoms with Gasteiger partial charge in [0, 0.05) is 31.2 Å². The van der Waals surface area contributed by atoms with E-state index in [4.69, 9.17) is 5.73 Å². The number of rotatable bonds is 5. The average Bonchev–Trinajstić information content (AvgIpc) is 2.80. The fourth-order valence-corrected chi connectivity index (χ4v) is 5.22. The fourth-order valence-electron chi connectivity index (χ4n) is 5.22. The number of piperidine rings is 3. The van der Waals surface area contributed by atoms with Crippen LogP contribution in [0.5, 0.6) is 0 Å². The summed E-state index contributed by atoms with van der Waals surface area (Å²) in [5, 5.41) is 0. The van der Waals surface area contributed by atoms with Crippen molar-refractivity contribution in [2.45, 2.75) is 64.6 Å². The standard InChI is InChI=1S/C17H33N3/c1-4-5-15(18)17-16-14(11-20(17)10-12(2)3)13-6-8-19(16)9-7-13/h12-17H,4-11,18H2,1-3H3. The lowest BCUT2D eigenvalue weighted by molar-refractivity contribution is -0.00111. The van der Waals surface area contributed by atoms with E-state index in [2.05, 4.69) is 30.6 Å². The number of hydrogen-bond acceptors (Lipinski definition) is 3. The van der Waals surface area contributed by atoms with E-state index in [1.54, 1.807) is 0 Å². The SMILES string of the molecule is CCCC(N)C1C2C(CN1CC(C)C)C1CCN2CC1. The molecule has 4 unspecified atom stereocenters. The van der Waals surface area contributed by atoms with Crippen LogP contribution in [0.15, 0.2) is 0 Å². The molecule has 4 fully saturated rings. The molecule has 0 radical (unpaired) electrons. The highest BCUT2D eigenvalue weighted by molar-refractivity contribution is 5.09. The lowest BCUT2D eigenvalue weighted by Crippen LogP contribution is -2.61. The molecule has 0 aromatic heterocycles. The Hall–Kier alpha value is -0.120. The van der Waals surface area contributed by atoms with Crippen LogP contribution >= 0.6 is 0 Å². The van der Waals surface area contributed by atoms with Gasteiger partial charge in [0.2, 0.25) is 0 Å². The summed E-state index contributed by atoms with van der Waals surface area (Å²) in [6.45, 7) is 12.2. The summed E-state index contributed by atoms with van der Waals surface area (Å²) in [6, 6.07) is 1.75. The van der Waals surface area contributed by atoms with Crippen molar-refractivity contribution in [2.75, 3.05) is 26.2 Å². The van der Waals surface area contributed by atoms with Gasteiger partial charge < -0.3 is 5.73 Å². The topological polar surface area (TPSA) is 32.5 Å². The van der Waals surface area contributed by atoms with Gasteiger partial charge in [-0.25, -0.2) is 0 Å². The van der Waals surface area contributed by atoms with E-state index in [9.17, 15) is 0 Å². The minimum Gasteiger partial charge on any atom is -0.326 e. The molecule has 0 amide bonds. The molecule has 20 heavy (non-hydrogen) atoms. The Morgan fingerprint density at radius 2 is 1.90 bits per heavy atom. The minimum atomic E-state index is 0.369. The van der Waals surface area contributed by atoms with Crippen LogP contribution in [0.2, 0.25) is 0 Å². The molecule has 2 N–H and O–H groups in total. The van der Waals surface area contributed by atoms with E-state index < -0.39 is 0 Å². The van der Waals surface area contributed by atoms with Crippen molar-refractivity contribution in [3.63, 3.8) is 0 Å². The molecule has 0 aromatic rings. The fraction of sp³-hybridized carbons (Fsp3) is 1.00. The molecule has 0 aliphatic carbocycles. The molecular weight excluding hydrogens is 246 g/mol. The molecule has 0 aromatic carbocycles. The zero-order valence-corrected chi connectivity index (χ0v) is 13.6. The second-order valence-corrected chi connectivity index (χ2v) is 7.82. The molecule has 3 nitrogen and oxygen atoms in total. The molecule has 4 heterocycles. The van der Waals surface area contributed by atoms with Crippen molar-refractivity contribution in [3.05, 3.63) is 0 Å². The van der Waals surface area contributed by atoms with Crippen molar-refractivity contribution in [1.29, 1.82) is 0 Å². The Bertz CT molecular complexity index is 322. The molecule has 0 spiro atoms. The summed E-state index contributed by atoms with van der Waals surface area (Å²) in [6.07, 6.45) is 5.27. The van der Waals surface area contributed by atoms with Gasteiger partial charge in [-0.3, -0.25) is 9.80 Å². The van der Waals surface area contributed by atoms with E-state index in [-0.39, 0.29) is 0 Å². The van der Waals surface area contributed by atoms with E-state index in [1.807, 2.05) is 0 Å². The molecule has 0 saturated carbocycles. The molecule has 4 rings (SSSR count). The molecule has 2 bridgehead atoms. The summed E-state index contributed by atoms with van der Waals surface area (Å²) in [7, 11) is 0. The molecule has 4 aliphatic heterocycles. The van der Waals surface area contributed by atoms with Gasteiger partial charge in [-0.05, 0) is 50.1 Å². The third-order valence-corrected chi connectivity index (χ3v) is 5.92. The quantitative estimate of drug-likeness (QED) is 0.837. The summed E-state index contributed by atoms with van der Waals surface area (Å²) < 4.78 is 0. The Kier molecular flexibility index (Phi) is 4.40. The molecule has 116 valence electrons. The predicted molar refractivity (Wildman–Crippen MR) is 84.7 cm³/mol. The van der Waals surface area contributed by atoms with Gasteiger partial charge >= 0.3 is 0 Å². The van der Waals surface area contributed by atoms with Crippen LogP contribution in [-0.4, -0.2) is 54.1 Å². The molecule has 4 saturated heterocycles. The normalized spacial score (nSPS) is 42.1. The minimum absolute atomic E-state index is 0.369. The number of hydrogen-bond donors (Lipinski definition) is 1. The van der Waals surface area contributed by atoms with Gasteiger partial charge in [-0.1, -0.05) is 27.2 Å². The molecule has 3 heteroatoms. The van der Waals surface area contributed by atoms with Gasteiger partial charge in [0.05, 0.1) is 0 Å². The Morgan fingerprint density at radius 1 is 1.20 bits per heavy atom. The highest BCUT2D eigenvalue weighted by Gasteiger charge is 2.53. The summed E-state index contributed by atoms with van der Waals surface area (Å²) in [4.78, 5) is 5.54. The zero-order valence-electron chi connectivity index (χ0n) is 13.6. The average molecular weight is 279 g/mol. The van der Waals surface area contributed by atoms with Crippen LogP contribution < -0.4 is 5.73 Å². The van der Waals surface area contributed by atoms with Crippen LogP contribution in [0.1, 0.15) is 46.5 Å². The van der Waals surface area contributed by atoms with Crippen molar-refractivity contribution in [2.24, 2.45) is 23.5 Å². The second-order valence-electron chi connectivity index (χ2n) is 7.82. The first-order valence-corrected chi connectivity index (χ1v) is 8.85. The largest absolute Gasteiger partial charge is 0.326 e. The monoisotopic (exact) mass is 279 g/mol. The first-order chi connectivity index (χ1) is 9.61. The maximum atomic E-state index is 6.63. The lowest BCUT2D eigenvalue weighted by Gasteiger charge is -2.50. The highest BCUT2D eigenvalue weighted by atomic mass is 15.3. The van der Waals surface area contributed by atoms with Crippen LogP contribution in [0, 0.1) is 17.8 Å². The maximum Gasteiger partial charge on any atom is 0.0406 e.